The molecule has 0 saturated heterocycles. The molecule has 0 N–H and O–H groups in total. The van der Waals surface area contributed by atoms with E-state index in [1.807, 2.05) is 12.1 Å². The molecular formula is C10H12ClN3. The molecule has 74 valence electrons. The monoisotopic (exact) mass is 209 g/mol. The Balaban J connectivity index is 2.38. The Labute approximate surface area is 87.7 Å². The highest BCUT2D eigenvalue weighted by Gasteiger charge is 2.03. The van der Waals surface area contributed by atoms with Crippen LogP contribution in [0.4, 0.5) is 0 Å². The van der Waals surface area contributed by atoms with Gasteiger partial charge in [0, 0.05) is 11.8 Å². The maximum Gasteiger partial charge on any atom is 0.156 e. The van der Waals surface area contributed by atoms with Crippen molar-refractivity contribution >= 4 is 17.2 Å². The molecule has 0 aliphatic carbocycles. The fraction of sp³-hybridized carbons (Fsp3) is 0.400. The van der Waals surface area contributed by atoms with Gasteiger partial charge in [0.05, 0.1) is 6.20 Å². The number of aryl methyl sites for hydroxylation is 1. The Bertz CT molecular complexity index is 436. The van der Waals surface area contributed by atoms with Crippen LogP contribution in [0.1, 0.15) is 25.5 Å². The molecular weight excluding hydrogens is 198 g/mol. The standard InChI is InChI=1S/C10H12ClN3/c1-2-3-4-8-7-9(11)14-10(13-8)5-6-12-14/h5-7H,2-4H2,1H3. The Morgan fingerprint density at radius 1 is 1.50 bits per heavy atom. The van der Waals surface area contributed by atoms with Crippen molar-refractivity contribution in [3.63, 3.8) is 0 Å². The van der Waals surface area contributed by atoms with Crippen molar-refractivity contribution in [3.05, 3.63) is 29.2 Å². The molecule has 2 aromatic heterocycles. The summed E-state index contributed by atoms with van der Waals surface area (Å²) in [7, 11) is 0. The average Bonchev–Trinajstić information content (AvgIpc) is 2.63. The Kier molecular flexibility index (Phi) is 2.68. The second kappa shape index (κ2) is 3.96. The first-order valence-corrected chi connectivity index (χ1v) is 5.18. The molecule has 0 fully saturated rings. The molecule has 14 heavy (non-hydrogen) atoms. The van der Waals surface area contributed by atoms with Gasteiger partial charge in [-0.3, -0.25) is 0 Å². The van der Waals surface area contributed by atoms with Gasteiger partial charge in [-0.2, -0.15) is 5.10 Å². The summed E-state index contributed by atoms with van der Waals surface area (Å²) >= 11 is 6.04. The van der Waals surface area contributed by atoms with Gasteiger partial charge in [-0.05, 0) is 18.9 Å². The highest BCUT2D eigenvalue weighted by molar-refractivity contribution is 6.29. The summed E-state index contributed by atoms with van der Waals surface area (Å²) in [5.41, 5.74) is 1.87. The largest absolute Gasteiger partial charge is 0.233 e. The minimum atomic E-state index is 0.631. The zero-order valence-electron chi connectivity index (χ0n) is 8.07. The predicted octanol–water partition coefficient (Wildman–Crippen LogP) is 2.73. The van der Waals surface area contributed by atoms with Crippen LogP contribution < -0.4 is 0 Å². The minimum absolute atomic E-state index is 0.631. The van der Waals surface area contributed by atoms with Crippen molar-refractivity contribution in [1.82, 2.24) is 14.6 Å². The number of rotatable bonds is 3. The lowest BCUT2D eigenvalue weighted by Crippen LogP contribution is -1.97. The summed E-state index contributed by atoms with van der Waals surface area (Å²) in [5.74, 6) is 0. The van der Waals surface area contributed by atoms with E-state index < -0.39 is 0 Å². The van der Waals surface area contributed by atoms with Crippen molar-refractivity contribution < 1.29 is 0 Å². The fourth-order valence-electron chi connectivity index (χ4n) is 1.41. The van der Waals surface area contributed by atoms with Gasteiger partial charge in [-0.1, -0.05) is 24.9 Å². The summed E-state index contributed by atoms with van der Waals surface area (Å²) in [6.07, 6.45) is 5.01. The van der Waals surface area contributed by atoms with E-state index in [-0.39, 0.29) is 0 Å². The maximum absolute atomic E-state index is 6.04. The van der Waals surface area contributed by atoms with E-state index >= 15 is 0 Å². The fourth-order valence-corrected chi connectivity index (χ4v) is 1.67. The molecule has 2 aromatic rings. The second-order valence-electron chi connectivity index (χ2n) is 3.27. The summed E-state index contributed by atoms with van der Waals surface area (Å²) in [5, 5.41) is 4.69. The molecule has 0 aliphatic heterocycles. The molecule has 0 radical (unpaired) electrons. The number of hydrogen-bond acceptors (Lipinski definition) is 2. The topological polar surface area (TPSA) is 30.2 Å². The van der Waals surface area contributed by atoms with Crippen LogP contribution in [0.25, 0.3) is 5.65 Å². The first-order chi connectivity index (χ1) is 6.81. The molecule has 0 amide bonds. The smallest absolute Gasteiger partial charge is 0.156 e. The van der Waals surface area contributed by atoms with E-state index in [9.17, 15) is 0 Å². The van der Waals surface area contributed by atoms with Gasteiger partial charge in [0.25, 0.3) is 0 Å². The highest BCUT2D eigenvalue weighted by atomic mass is 35.5. The van der Waals surface area contributed by atoms with Gasteiger partial charge in [-0.15, -0.1) is 0 Å². The van der Waals surface area contributed by atoms with Gasteiger partial charge in [0.1, 0.15) is 5.15 Å². The van der Waals surface area contributed by atoms with Crippen LogP contribution in [0.2, 0.25) is 5.15 Å². The quantitative estimate of drug-likeness (QED) is 0.728. The normalized spacial score (nSPS) is 11.0. The zero-order valence-corrected chi connectivity index (χ0v) is 8.83. The molecule has 0 aliphatic rings. The number of nitrogens with zero attached hydrogens (tertiary/aromatic N) is 3. The first-order valence-electron chi connectivity index (χ1n) is 4.80. The summed E-state index contributed by atoms with van der Waals surface area (Å²) < 4.78 is 1.64. The van der Waals surface area contributed by atoms with Crippen molar-refractivity contribution in [2.45, 2.75) is 26.2 Å². The molecule has 0 aromatic carbocycles. The molecule has 2 heterocycles. The van der Waals surface area contributed by atoms with Crippen LogP contribution in [0.3, 0.4) is 0 Å². The van der Waals surface area contributed by atoms with Crippen LogP contribution in [0.5, 0.6) is 0 Å². The van der Waals surface area contributed by atoms with Crippen LogP contribution in [-0.2, 0) is 6.42 Å². The van der Waals surface area contributed by atoms with Crippen molar-refractivity contribution in [2.24, 2.45) is 0 Å². The van der Waals surface area contributed by atoms with E-state index in [2.05, 4.69) is 17.0 Å². The Morgan fingerprint density at radius 3 is 3.14 bits per heavy atom. The van der Waals surface area contributed by atoms with E-state index in [0.29, 0.717) is 5.15 Å². The third-order valence-electron chi connectivity index (χ3n) is 2.16. The molecule has 0 atom stereocenters. The summed E-state index contributed by atoms with van der Waals surface area (Å²) in [6, 6.07) is 3.75. The van der Waals surface area contributed by atoms with Gasteiger partial charge < -0.3 is 0 Å². The number of aromatic nitrogens is 3. The van der Waals surface area contributed by atoms with Gasteiger partial charge in [0.2, 0.25) is 0 Å². The highest BCUT2D eigenvalue weighted by Crippen LogP contribution is 2.13. The van der Waals surface area contributed by atoms with E-state index in [0.717, 1.165) is 24.2 Å². The molecule has 0 bridgehead atoms. The third kappa shape index (κ3) is 1.73. The number of hydrogen-bond donors (Lipinski definition) is 0. The van der Waals surface area contributed by atoms with Crippen molar-refractivity contribution in [2.75, 3.05) is 0 Å². The van der Waals surface area contributed by atoms with E-state index in [4.69, 9.17) is 11.6 Å². The molecule has 0 saturated carbocycles. The Hall–Kier alpha value is -1.09. The molecule has 0 unspecified atom stereocenters. The van der Waals surface area contributed by atoms with Crippen LogP contribution >= 0.6 is 11.6 Å². The van der Waals surface area contributed by atoms with Crippen molar-refractivity contribution in [1.29, 1.82) is 0 Å². The molecule has 4 heteroatoms. The van der Waals surface area contributed by atoms with E-state index in [1.54, 1.807) is 10.7 Å². The first kappa shape index (κ1) is 9.46. The van der Waals surface area contributed by atoms with Crippen LogP contribution in [0, 0.1) is 0 Å². The lowest BCUT2D eigenvalue weighted by Gasteiger charge is -2.01. The van der Waals surface area contributed by atoms with Crippen LogP contribution in [0.15, 0.2) is 18.3 Å². The molecule has 2 rings (SSSR count). The average molecular weight is 210 g/mol. The van der Waals surface area contributed by atoms with E-state index in [1.165, 1.54) is 6.42 Å². The predicted molar refractivity (Wildman–Crippen MR) is 56.6 cm³/mol. The lowest BCUT2D eigenvalue weighted by molar-refractivity contribution is 0.772. The minimum Gasteiger partial charge on any atom is -0.233 e. The lowest BCUT2D eigenvalue weighted by atomic mass is 10.2. The summed E-state index contributed by atoms with van der Waals surface area (Å²) in [6.45, 7) is 2.17. The van der Waals surface area contributed by atoms with Gasteiger partial charge >= 0.3 is 0 Å². The van der Waals surface area contributed by atoms with Crippen LogP contribution in [-0.4, -0.2) is 14.6 Å². The second-order valence-corrected chi connectivity index (χ2v) is 3.66. The van der Waals surface area contributed by atoms with Gasteiger partial charge in [-0.25, -0.2) is 9.50 Å². The summed E-state index contributed by atoms with van der Waals surface area (Å²) in [4.78, 5) is 4.45. The van der Waals surface area contributed by atoms with Crippen molar-refractivity contribution in [3.8, 4) is 0 Å². The maximum atomic E-state index is 6.04. The molecule has 3 nitrogen and oxygen atoms in total. The zero-order chi connectivity index (χ0) is 9.97. The number of fused-ring (bicyclic) bond motifs is 1. The Morgan fingerprint density at radius 2 is 2.36 bits per heavy atom. The number of halogens is 1. The molecule has 0 spiro atoms. The number of unbranched alkanes of at least 4 members (excludes halogenated alkanes) is 1. The SMILES string of the molecule is CCCCc1cc(Cl)n2nccc2n1. The third-order valence-corrected chi connectivity index (χ3v) is 2.42. The van der Waals surface area contributed by atoms with Gasteiger partial charge in [0.15, 0.2) is 5.65 Å².